The molecule has 4 nitrogen and oxygen atoms in total. The Kier molecular flexibility index (Phi) is 5.02. The molecule has 1 heterocycles. The third kappa shape index (κ3) is 4.52. The van der Waals surface area contributed by atoms with E-state index < -0.39 is 0 Å². The smallest absolute Gasteiger partial charge is 0.225 e. The summed E-state index contributed by atoms with van der Waals surface area (Å²) >= 11 is 5.94. The zero-order valence-corrected chi connectivity index (χ0v) is 15.2. The second kappa shape index (κ2) is 7.75. The molecule has 0 spiro atoms. The van der Waals surface area contributed by atoms with Gasteiger partial charge in [-0.05, 0) is 37.0 Å². The Morgan fingerprint density at radius 1 is 0.962 bits per heavy atom. The third-order valence-corrected chi connectivity index (χ3v) is 4.59. The Morgan fingerprint density at radius 2 is 1.73 bits per heavy atom. The Hall–Kier alpha value is -2.59. The molecule has 5 heteroatoms. The predicted octanol–water partition coefficient (Wildman–Crippen LogP) is 5.03. The average Bonchev–Trinajstić information content (AvgIpc) is 3.48. The molecule has 1 aliphatic rings. The van der Waals surface area contributed by atoms with Crippen molar-refractivity contribution in [2.24, 2.45) is 0 Å². The number of nitrogens with zero attached hydrogens (tertiary/aromatic N) is 2. The van der Waals surface area contributed by atoms with Gasteiger partial charge in [-0.3, -0.25) is 0 Å². The van der Waals surface area contributed by atoms with Crippen molar-refractivity contribution in [3.8, 4) is 11.3 Å². The molecule has 2 aromatic carbocycles. The lowest BCUT2D eigenvalue weighted by molar-refractivity contribution is 0.992. The number of rotatable bonds is 7. The molecule has 0 radical (unpaired) electrons. The van der Waals surface area contributed by atoms with E-state index in [1.807, 2.05) is 36.4 Å². The van der Waals surface area contributed by atoms with E-state index in [2.05, 4.69) is 44.9 Å². The minimum atomic E-state index is 0.517. The molecule has 0 aliphatic heterocycles. The van der Waals surface area contributed by atoms with Gasteiger partial charge in [-0.25, -0.2) is 4.98 Å². The molecule has 1 fully saturated rings. The van der Waals surface area contributed by atoms with Crippen LogP contribution in [0.25, 0.3) is 11.3 Å². The van der Waals surface area contributed by atoms with Crippen LogP contribution in [0, 0.1) is 0 Å². The molecule has 0 saturated heterocycles. The number of nitrogens with one attached hydrogen (secondary N) is 2. The summed E-state index contributed by atoms with van der Waals surface area (Å²) < 4.78 is 0. The van der Waals surface area contributed by atoms with Crippen molar-refractivity contribution in [3.05, 3.63) is 71.2 Å². The lowest BCUT2D eigenvalue weighted by Gasteiger charge is -2.11. The van der Waals surface area contributed by atoms with Crippen LogP contribution in [-0.4, -0.2) is 22.6 Å². The van der Waals surface area contributed by atoms with Crippen LogP contribution in [0.5, 0.6) is 0 Å². The molecular weight excluding hydrogens is 344 g/mol. The standard InChI is InChI=1S/C21H21ClN4/c22-17-8-6-15(7-9-17)12-13-23-20-14-19(16-4-2-1-3-5-16)25-21(26-20)24-18-10-11-18/h1-9,14,18H,10-13H2,(H2,23,24,25,26). The van der Waals surface area contributed by atoms with Gasteiger partial charge in [-0.1, -0.05) is 54.1 Å². The van der Waals surface area contributed by atoms with Crippen LogP contribution in [0.3, 0.4) is 0 Å². The number of hydrogen-bond acceptors (Lipinski definition) is 4. The summed E-state index contributed by atoms with van der Waals surface area (Å²) in [5.41, 5.74) is 3.27. The number of halogens is 1. The molecule has 1 aromatic heterocycles. The third-order valence-electron chi connectivity index (χ3n) is 4.34. The summed E-state index contributed by atoms with van der Waals surface area (Å²) in [6.45, 7) is 0.801. The highest BCUT2D eigenvalue weighted by atomic mass is 35.5. The van der Waals surface area contributed by atoms with E-state index in [9.17, 15) is 0 Å². The van der Waals surface area contributed by atoms with E-state index in [4.69, 9.17) is 11.6 Å². The van der Waals surface area contributed by atoms with Crippen LogP contribution >= 0.6 is 11.6 Å². The quantitative estimate of drug-likeness (QED) is 0.617. The second-order valence-electron chi connectivity index (χ2n) is 6.55. The van der Waals surface area contributed by atoms with E-state index in [0.29, 0.717) is 12.0 Å². The van der Waals surface area contributed by atoms with Crippen molar-refractivity contribution < 1.29 is 0 Å². The monoisotopic (exact) mass is 364 g/mol. The van der Waals surface area contributed by atoms with Gasteiger partial charge in [-0.2, -0.15) is 4.98 Å². The summed E-state index contributed by atoms with van der Waals surface area (Å²) in [5.74, 6) is 1.54. The second-order valence-corrected chi connectivity index (χ2v) is 6.99. The van der Waals surface area contributed by atoms with Crippen molar-refractivity contribution in [3.63, 3.8) is 0 Å². The zero-order chi connectivity index (χ0) is 17.8. The first-order valence-electron chi connectivity index (χ1n) is 8.96. The molecule has 1 aliphatic carbocycles. The predicted molar refractivity (Wildman–Crippen MR) is 108 cm³/mol. The van der Waals surface area contributed by atoms with Crippen LogP contribution in [0.15, 0.2) is 60.7 Å². The fourth-order valence-electron chi connectivity index (χ4n) is 2.76. The van der Waals surface area contributed by atoms with Gasteiger partial charge in [0, 0.05) is 29.2 Å². The molecule has 0 unspecified atom stereocenters. The Balaban J connectivity index is 1.49. The van der Waals surface area contributed by atoms with Crippen LogP contribution in [0.1, 0.15) is 18.4 Å². The van der Waals surface area contributed by atoms with Gasteiger partial charge in [-0.15, -0.1) is 0 Å². The molecule has 1 saturated carbocycles. The van der Waals surface area contributed by atoms with E-state index in [-0.39, 0.29) is 0 Å². The lowest BCUT2D eigenvalue weighted by atomic mass is 10.1. The largest absolute Gasteiger partial charge is 0.370 e. The molecule has 0 amide bonds. The fourth-order valence-corrected chi connectivity index (χ4v) is 2.88. The molecule has 26 heavy (non-hydrogen) atoms. The topological polar surface area (TPSA) is 49.8 Å². The van der Waals surface area contributed by atoms with Gasteiger partial charge in [0.1, 0.15) is 5.82 Å². The number of anilines is 2. The van der Waals surface area contributed by atoms with Crippen LogP contribution in [0.2, 0.25) is 5.02 Å². The summed E-state index contributed by atoms with van der Waals surface area (Å²) in [6.07, 6.45) is 3.30. The summed E-state index contributed by atoms with van der Waals surface area (Å²) in [6, 6.07) is 20.7. The van der Waals surface area contributed by atoms with Crippen LogP contribution in [0.4, 0.5) is 11.8 Å². The Bertz CT molecular complexity index is 861. The minimum absolute atomic E-state index is 0.517. The van der Waals surface area contributed by atoms with Gasteiger partial charge in [0.05, 0.1) is 5.69 Å². The highest BCUT2D eigenvalue weighted by Gasteiger charge is 2.22. The first-order valence-corrected chi connectivity index (χ1v) is 9.33. The maximum Gasteiger partial charge on any atom is 0.225 e. The molecule has 0 bridgehead atoms. The molecule has 0 atom stereocenters. The Labute approximate surface area is 158 Å². The first-order chi connectivity index (χ1) is 12.8. The maximum absolute atomic E-state index is 5.94. The molecule has 2 N–H and O–H groups in total. The van der Waals surface area contributed by atoms with Crippen molar-refractivity contribution >= 4 is 23.4 Å². The number of aromatic nitrogens is 2. The minimum Gasteiger partial charge on any atom is -0.370 e. The lowest BCUT2D eigenvalue weighted by Crippen LogP contribution is -2.11. The summed E-state index contributed by atoms with van der Waals surface area (Å²) in [5, 5.41) is 7.60. The van der Waals surface area contributed by atoms with E-state index >= 15 is 0 Å². The van der Waals surface area contributed by atoms with Crippen LogP contribution in [-0.2, 0) is 6.42 Å². The Morgan fingerprint density at radius 3 is 2.46 bits per heavy atom. The summed E-state index contributed by atoms with van der Waals surface area (Å²) in [7, 11) is 0. The van der Waals surface area contributed by atoms with Crippen LogP contribution < -0.4 is 10.6 Å². The molecule has 4 rings (SSSR count). The molecular formula is C21H21ClN4. The van der Waals surface area contributed by atoms with E-state index in [0.717, 1.165) is 35.1 Å². The van der Waals surface area contributed by atoms with Crippen molar-refractivity contribution in [1.29, 1.82) is 0 Å². The number of hydrogen-bond donors (Lipinski definition) is 2. The maximum atomic E-state index is 5.94. The van der Waals surface area contributed by atoms with E-state index in [1.54, 1.807) is 0 Å². The fraction of sp³-hybridized carbons (Fsp3) is 0.238. The zero-order valence-electron chi connectivity index (χ0n) is 14.5. The average molecular weight is 365 g/mol. The molecule has 3 aromatic rings. The SMILES string of the molecule is Clc1ccc(CCNc2cc(-c3ccccc3)nc(NC3CC3)n2)cc1. The van der Waals surface area contributed by atoms with Gasteiger partial charge in [0.15, 0.2) is 0 Å². The highest BCUT2D eigenvalue weighted by molar-refractivity contribution is 6.30. The normalized spacial score (nSPS) is 13.4. The number of benzene rings is 2. The van der Waals surface area contributed by atoms with Crippen molar-refractivity contribution in [2.45, 2.75) is 25.3 Å². The van der Waals surface area contributed by atoms with E-state index in [1.165, 1.54) is 18.4 Å². The van der Waals surface area contributed by atoms with Gasteiger partial charge in [0.2, 0.25) is 5.95 Å². The van der Waals surface area contributed by atoms with Gasteiger partial charge >= 0.3 is 0 Å². The van der Waals surface area contributed by atoms with Gasteiger partial charge in [0.25, 0.3) is 0 Å². The first kappa shape index (κ1) is 16.9. The molecule has 132 valence electrons. The van der Waals surface area contributed by atoms with Crippen molar-refractivity contribution in [2.75, 3.05) is 17.2 Å². The van der Waals surface area contributed by atoms with Gasteiger partial charge < -0.3 is 10.6 Å². The highest BCUT2D eigenvalue weighted by Crippen LogP contribution is 2.26. The summed E-state index contributed by atoms with van der Waals surface area (Å²) in [4.78, 5) is 9.31. The van der Waals surface area contributed by atoms with Crippen molar-refractivity contribution in [1.82, 2.24) is 9.97 Å².